The molecule has 0 radical (unpaired) electrons. The topological polar surface area (TPSA) is 92.4 Å². The van der Waals surface area contributed by atoms with Gasteiger partial charge in [-0.25, -0.2) is 4.79 Å². The van der Waals surface area contributed by atoms with E-state index in [1.165, 1.54) is 0 Å². The van der Waals surface area contributed by atoms with Crippen LogP contribution in [0.4, 0.5) is 4.79 Å². The van der Waals surface area contributed by atoms with Crippen molar-refractivity contribution in [1.29, 1.82) is 0 Å². The van der Waals surface area contributed by atoms with Crippen LogP contribution >= 0.6 is 0 Å². The monoisotopic (exact) mass is 188 g/mol. The summed E-state index contributed by atoms with van der Waals surface area (Å²) in [5.74, 6) is -1.09. The highest BCUT2D eigenvalue weighted by Crippen LogP contribution is 2.06. The van der Waals surface area contributed by atoms with Gasteiger partial charge < -0.3 is 16.2 Å². The maximum atomic E-state index is 10.4. The van der Waals surface area contributed by atoms with Crippen LogP contribution in [0.2, 0.25) is 0 Å². The Bertz CT molecular complexity index is 182. The highest BCUT2D eigenvalue weighted by atomic mass is 16.4. The zero-order valence-electron chi connectivity index (χ0n) is 7.75. The van der Waals surface area contributed by atoms with E-state index in [0.717, 1.165) is 12.8 Å². The molecule has 76 valence electrons. The summed E-state index contributed by atoms with van der Waals surface area (Å²) >= 11 is 0. The molecule has 5 nitrogen and oxygen atoms in total. The summed E-state index contributed by atoms with van der Waals surface area (Å²) in [5, 5.41) is 11.0. The number of rotatable bonds is 6. The van der Waals surface area contributed by atoms with Crippen molar-refractivity contribution >= 4 is 12.0 Å². The van der Waals surface area contributed by atoms with Crippen molar-refractivity contribution in [3.05, 3.63) is 0 Å². The Labute approximate surface area is 77.3 Å². The molecule has 0 spiro atoms. The summed E-state index contributed by atoms with van der Waals surface area (Å²) in [5.41, 5.74) is 4.84. The van der Waals surface area contributed by atoms with Crippen molar-refractivity contribution in [3.8, 4) is 0 Å². The SMILES string of the molecule is C[C@@H](CCCCNC(N)=O)C(=O)O. The van der Waals surface area contributed by atoms with Gasteiger partial charge in [-0.3, -0.25) is 4.79 Å². The van der Waals surface area contributed by atoms with Gasteiger partial charge in [0, 0.05) is 6.54 Å². The van der Waals surface area contributed by atoms with Crippen LogP contribution in [0.15, 0.2) is 0 Å². The number of urea groups is 1. The van der Waals surface area contributed by atoms with E-state index in [2.05, 4.69) is 5.32 Å². The van der Waals surface area contributed by atoms with E-state index in [1.807, 2.05) is 0 Å². The molecule has 13 heavy (non-hydrogen) atoms. The van der Waals surface area contributed by atoms with Gasteiger partial charge in [0.1, 0.15) is 0 Å². The van der Waals surface area contributed by atoms with Crippen LogP contribution in [0.5, 0.6) is 0 Å². The number of unbranched alkanes of at least 4 members (excludes halogenated alkanes) is 1. The maximum Gasteiger partial charge on any atom is 0.312 e. The lowest BCUT2D eigenvalue weighted by atomic mass is 10.0. The minimum Gasteiger partial charge on any atom is -0.481 e. The van der Waals surface area contributed by atoms with Gasteiger partial charge in [0.05, 0.1) is 5.92 Å². The Hall–Kier alpha value is -1.26. The molecule has 0 aliphatic rings. The van der Waals surface area contributed by atoms with Gasteiger partial charge in [-0.2, -0.15) is 0 Å². The zero-order chi connectivity index (χ0) is 10.3. The first-order valence-corrected chi connectivity index (χ1v) is 4.30. The number of amides is 2. The Morgan fingerprint density at radius 1 is 1.46 bits per heavy atom. The molecule has 0 heterocycles. The van der Waals surface area contributed by atoms with E-state index in [0.29, 0.717) is 13.0 Å². The molecule has 0 aromatic carbocycles. The van der Waals surface area contributed by atoms with Crippen molar-refractivity contribution in [3.63, 3.8) is 0 Å². The fourth-order valence-electron chi connectivity index (χ4n) is 0.911. The molecule has 0 aliphatic heterocycles. The summed E-state index contributed by atoms with van der Waals surface area (Å²) < 4.78 is 0. The van der Waals surface area contributed by atoms with Crippen LogP contribution in [0.1, 0.15) is 26.2 Å². The maximum absolute atomic E-state index is 10.4. The first kappa shape index (κ1) is 11.7. The molecule has 0 aromatic heterocycles. The molecule has 0 bridgehead atoms. The number of hydrogen-bond donors (Lipinski definition) is 3. The molecule has 1 atom stereocenters. The van der Waals surface area contributed by atoms with E-state index in [4.69, 9.17) is 10.8 Å². The van der Waals surface area contributed by atoms with Crippen LogP contribution < -0.4 is 11.1 Å². The van der Waals surface area contributed by atoms with Crippen molar-refractivity contribution < 1.29 is 14.7 Å². The molecule has 0 rings (SSSR count). The number of nitrogens with two attached hydrogens (primary N) is 1. The summed E-state index contributed by atoms with van der Waals surface area (Å²) in [6.45, 7) is 2.19. The lowest BCUT2D eigenvalue weighted by molar-refractivity contribution is -0.141. The quantitative estimate of drug-likeness (QED) is 0.531. The smallest absolute Gasteiger partial charge is 0.312 e. The van der Waals surface area contributed by atoms with Gasteiger partial charge in [0.25, 0.3) is 0 Å². The van der Waals surface area contributed by atoms with E-state index in [-0.39, 0.29) is 5.92 Å². The molecule has 0 aliphatic carbocycles. The number of carbonyl (C=O) groups is 2. The van der Waals surface area contributed by atoms with Crippen LogP contribution in [0.25, 0.3) is 0 Å². The Morgan fingerprint density at radius 3 is 2.54 bits per heavy atom. The fraction of sp³-hybridized carbons (Fsp3) is 0.750. The third kappa shape index (κ3) is 7.11. The largest absolute Gasteiger partial charge is 0.481 e. The second kappa shape index (κ2) is 6.28. The minimum absolute atomic E-state index is 0.312. The van der Waals surface area contributed by atoms with Gasteiger partial charge in [-0.15, -0.1) is 0 Å². The number of nitrogens with one attached hydrogen (secondary N) is 1. The molecular formula is C8H16N2O3. The number of carbonyl (C=O) groups excluding carboxylic acids is 1. The lowest BCUT2D eigenvalue weighted by Crippen LogP contribution is -2.30. The van der Waals surface area contributed by atoms with E-state index in [9.17, 15) is 9.59 Å². The third-order valence-corrected chi connectivity index (χ3v) is 1.78. The highest BCUT2D eigenvalue weighted by Gasteiger charge is 2.09. The number of aliphatic carboxylic acids is 1. The predicted molar refractivity (Wildman–Crippen MR) is 48.2 cm³/mol. The summed E-state index contributed by atoms with van der Waals surface area (Å²) in [6, 6.07) is -0.536. The van der Waals surface area contributed by atoms with Gasteiger partial charge in [0.15, 0.2) is 0 Å². The first-order chi connectivity index (χ1) is 6.04. The van der Waals surface area contributed by atoms with Gasteiger partial charge in [0.2, 0.25) is 0 Å². The number of carboxylic acid groups (broad SMARTS) is 1. The van der Waals surface area contributed by atoms with Crippen LogP contribution in [-0.4, -0.2) is 23.7 Å². The molecule has 5 heteroatoms. The van der Waals surface area contributed by atoms with Crippen LogP contribution in [0, 0.1) is 5.92 Å². The Balaban J connectivity index is 3.26. The average molecular weight is 188 g/mol. The second-order valence-corrected chi connectivity index (χ2v) is 3.03. The Morgan fingerprint density at radius 2 is 2.08 bits per heavy atom. The van der Waals surface area contributed by atoms with Gasteiger partial charge >= 0.3 is 12.0 Å². The normalized spacial score (nSPS) is 12.1. The van der Waals surface area contributed by atoms with E-state index in [1.54, 1.807) is 6.92 Å². The van der Waals surface area contributed by atoms with Crippen molar-refractivity contribution in [1.82, 2.24) is 5.32 Å². The lowest BCUT2D eigenvalue weighted by Gasteiger charge is -2.05. The molecule has 2 amide bonds. The molecule has 0 saturated heterocycles. The van der Waals surface area contributed by atoms with E-state index >= 15 is 0 Å². The summed E-state index contributed by atoms with van der Waals surface area (Å²) in [4.78, 5) is 20.6. The van der Waals surface area contributed by atoms with Gasteiger partial charge in [-0.05, 0) is 12.8 Å². The summed E-state index contributed by atoms with van der Waals surface area (Å²) in [6.07, 6.45) is 2.18. The molecule has 0 saturated carbocycles. The molecule has 0 fully saturated rings. The van der Waals surface area contributed by atoms with Crippen molar-refractivity contribution in [2.24, 2.45) is 11.7 Å². The standard InChI is InChI=1S/C8H16N2O3/c1-6(7(11)12)4-2-3-5-10-8(9)13/h6H,2-5H2,1H3,(H,11,12)(H3,9,10,13)/t6-/m0/s1. The molecule has 0 unspecified atom stereocenters. The summed E-state index contributed by atoms with van der Waals surface area (Å²) in [7, 11) is 0. The third-order valence-electron chi connectivity index (χ3n) is 1.78. The van der Waals surface area contributed by atoms with E-state index < -0.39 is 12.0 Å². The van der Waals surface area contributed by atoms with Crippen molar-refractivity contribution in [2.45, 2.75) is 26.2 Å². The fourth-order valence-corrected chi connectivity index (χ4v) is 0.911. The van der Waals surface area contributed by atoms with Crippen LogP contribution in [-0.2, 0) is 4.79 Å². The number of hydrogen-bond acceptors (Lipinski definition) is 2. The molecule has 0 aromatic rings. The average Bonchev–Trinajstić information content (AvgIpc) is 2.02. The first-order valence-electron chi connectivity index (χ1n) is 4.30. The van der Waals surface area contributed by atoms with Gasteiger partial charge in [-0.1, -0.05) is 13.3 Å². The van der Waals surface area contributed by atoms with Crippen molar-refractivity contribution in [2.75, 3.05) is 6.54 Å². The molecule has 4 N–H and O–H groups in total. The minimum atomic E-state index is -0.775. The number of carboxylic acids is 1. The second-order valence-electron chi connectivity index (χ2n) is 3.03. The van der Waals surface area contributed by atoms with Crippen LogP contribution in [0.3, 0.4) is 0 Å². The number of primary amides is 1. The zero-order valence-corrected chi connectivity index (χ0v) is 7.75. The predicted octanol–water partition coefficient (Wildman–Crippen LogP) is 0.546. The Kier molecular flexibility index (Phi) is 5.67. The highest BCUT2D eigenvalue weighted by molar-refractivity contribution is 5.71. The molecular weight excluding hydrogens is 172 g/mol.